The van der Waals surface area contributed by atoms with Gasteiger partial charge in [0.15, 0.2) is 6.10 Å². The first-order valence-electron chi connectivity index (χ1n) is 8.96. The molecule has 3 aromatic rings. The van der Waals surface area contributed by atoms with Gasteiger partial charge in [-0.05, 0) is 47.9 Å². The summed E-state index contributed by atoms with van der Waals surface area (Å²) < 4.78 is 11.4. The molecule has 6 nitrogen and oxygen atoms in total. The third-order valence-electron chi connectivity index (χ3n) is 4.90. The van der Waals surface area contributed by atoms with Crippen LogP contribution in [0.5, 0.6) is 5.75 Å². The number of carbonyl (C=O) groups is 2. The maximum atomic E-state index is 12.5. The number of benzene rings is 2. The number of aromatic nitrogens is 1. The molecule has 144 valence electrons. The van der Waals surface area contributed by atoms with Gasteiger partial charge in [-0.25, -0.2) is 4.79 Å². The van der Waals surface area contributed by atoms with Gasteiger partial charge in [0, 0.05) is 40.6 Å². The molecule has 1 amide bonds. The number of amides is 1. The van der Waals surface area contributed by atoms with E-state index in [4.69, 9.17) is 9.47 Å². The number of fused-ring (bicyclic) bond motifs is 2. The Morgan fingerprint density at radius 3 is 3.00 bits per heavy atom. The van der Waals surface area contributed by atoms with Crippen molar-refractivity contribution in [3.05, 3.63) is 63.8 Å². The second kappa shape index (κ2) is 7.67. The largest absolute Gasteiger partial charge is 0.497 e. The van der Waals surface area contributed by atoms with Crippen molar-refractivity contribution in [3.63, 3.8) is 0 Å². The van der Waals surface area contributed by atoms with Gasteiger partial charge < -0.3 is 19.8 Å². The number of ether oxygens (including phenoxy) is 2. The zero-order chi connectivity index (χ0) is 19.7. The minimum absolute atomic E-state index is 0.277. The Labute approximate surface area is 170 Å². The van der Waals surface area contributed by atoms with E-state index in [1.807, 2.05) is 30.5 Å². The van der Waals surface area contributed by atoms with Crippen LogP contribution in [0.25, 0.3) is 10.9 Å². The van der Waals surface area contributed by atoms with E-state index in [1.54, 1.807) is 19.2 Å². The minimum Gasteiger partial charge on any atom is -0.497 e. The van der Waals surface area contributed by atoms with Crippen molar-refractivity contribution in [1.29, 1.82) is 0 Å². The molecule has 2 aromatic carbocycles. The lowest BCUT2D eigenvalue weighted by molar-refractivity contribution is -0.130. The van der Waals surface area contributed by atoms with E-state index in [2.05, 4.69) is 26.2 Å². The smallest absolute Gasteiger partial charge is 0.339 e. The molecule has 2 heterocycles. The lowest BCUT2D eigenvalue weighted by Crippen LogP contribution is -2.42. The molecule has 1 unspecified atom stereocenters. The lowest BCUT2D eigenvalue weighted by atomic mass is 9.98. The van der Waals surface area contributed by atoms with Crippen LogP contribution in [0.2, 0.25) is 0 Å². The molecule has 0 spiro atoms. The highest BCUT2D eigenvalue weighted by Gasteiger charge is 2.31. The van der Waals surface area contributed by atoms with Gasteiger partial charge in [0.05, 0.1) is 12.7 Å². The molecule has 1 atom stereocenters. The first kappa shape index (κ1) is 18.6. The van der Waals surface area contributed by atoms with E-state index in [9.17, 15) is 9.59 Å². The summed E-state index contributed by atoms with van der Waals surface area (Å²) in [5, 5.41) is 3.97. The van der Waals surface area contributed by atoms with Crippen LogP contribution in [0.15, 0.2) is 47.1 Å². The Balaban J connectivity index is 1.38. The first-order valence-corrected chi connectivity index (χ1v) is 9.75. The third kappa shape index (κ3) is 3.62. The second-order valence-electron chi connectivity index (χ2n) is 6.67. The Hall–Kier alpha value is -2.80. The summed E-state index contributed by atoms with van der Waals surface area (Å²) in [7, 11) is 1.63. The SMILES string of the molecule is COc1ccc2c(CCNC(=O)C3Cc4cc(Br)ccc4C(=O)O3)c[nH]c2c1. The number of nitrogens with one attached hydrogen (secondary N) is 2. The minimum atomic E-state index is -0.804. The lowest BCUT2D eigenvalue weighted by Gasteiger charge is -2.24. The van der Waals surface area contributed by atoms with Crippen molar-refractivity contribution in [2.45, 2.75) is 18.9 Å². The predicted octanol–water partition coefficient (Wildman–Crippen LogP) is 3.38. The van der Waals surface area contributed by atoms with Gasteiger partial charge in [-0.3, -0.25) is 4.79 Å². The van der Waals surface area contributed by atoms with Crippen LogP contribution in [0, 0.1) is 0 Å². The van der Waals surface area contributed by atoms with Crippen molar-refractivity contribution in [2.24, 2.45) is 0 Å². The molecule has 0 radical (unpaired) electrons. The highest BCUT2D eigenvalue weighted by atomic mass is 79.9. The van der Waals surface area contributed by atoms with E-state index < -0.39 is 12.1 Å². The van der Waals surface area contributed by atoms with Gasteiger partial charge in [0.2, 0.25) is 0 Å². The number of hydrogen-bond acceptors (Lipinski definition) is 4. The number of esters is 1. The number of methoxy groups -OCH3 is 1. The Morgan fingerprint density at radius 2 is 2.18 bits per heavy atom. The number of hydrogen-bond donors (Lipinski definition) is 2. The van der Waals surface area contributed by atoms with Gasteiger partial charge >= 0.3 is 5.97 Å². The zero-order valence-electron chi connectivity index (χ0n) is 15.3. The van der Waals surface area contributed by atoms with E-state index in [0.29, 0.717) is 24.9 Å². The molecule has 28 heavy (non-hydrogen) atoms. The number of cyclic esters (lactones) is 1. The summed E-state index contributed by atoms with van der Waals surface area (Å²) in [5.74, 6) is 0.0557. The van der Waals surface area contributed by atoms with Gasteiger partial charge in [-0.15, -0.1) is 0 Å². The van der Waals surface area contributed by atoms with Gasteiger partial charge in [0.1, 0.15) is 5.75 Å². The molecular formula is C21H19BrN2O4. The van der Waals surface area contributed by atoms with E-state index in [0.717, 1.165) is 32.3 Å². The van der Waals surface area contributed by atoms with Crippen LogP contribution in [0.3, 0.4) is 0 Å². The number of carbonyl (C=O) groups excluding carboxylic acids is 2. The number of aromatic amines is 1. The molecule has 1 aliphatic rings. The molecule has 2 N–H and O–H groups in total. The van der Waals surface area contributed by atoms with Gasteiger partial charge in [-0.2, -0.15) is 0 Å². The molecular weight excluding hydrogens is 424 g/mol. The molecule has 1 aromatic heterocycles. The fraction of sp³-hybridized carbons (Fsp3) is 0.238. The Morgan fingerprint density at radius 1 is 1.32 bits per heavy atom. The topological polar surface area (TPSA) is 80.4 Å². The maximum absolute atomic E-state index is 12.5. The normalized spacial score (nSPS) is 15.8. The Kier molecular flexibility index (Phi) is 5.09. The summed E-state index contributed by atoms with van der Waals surface area (Å²) in [6, 6.07) is 11.2. The molecule has 1 aliphatic heterocycles. The summed E-state index contributed by atoms with van der Waals surface area (Å²) in [5.41, 5.74) is 3.43. The molecule has 0 saturated carbocycles. The highest BCUT2D eigenvalue weighted by Crippen LogP contribution is 2.25. The quantitative estimate of drug-likeness (QED) is 0.593. The first-order chi connectivity index (χ1) is 13.5. The van der Waals surface area contributed by atoms with E-state index >= 15 is 0 Å². The molecule has 0 fully saturated rings. The summed E-state index contributed by atoms with van der Waals surface area (Å²) in [6.45, 7) is 0.456. The number of halogens is 1. The van der Waals surface area contributed by atoms with Crippen molar-refractivity contribution in [1.82, 2.24) is 10.3 Å². The fourth-order valence-electron chi connectivity index (χ4n) is 3.44. The average molecular weight is 443 g/mol. The summed E-state index contributed by atoms with van der Waals surface area (Å²) in [6.07, 6.45) is 2.17. The third-order valence-corrected chi connectivity index (χ3v) is 5.40. The highest BCUT2D eigenvalue weighted by molar-refractivity contribution is 9.10. The van der Waals surface area contributed by atoms with Crippen LogP contribution in [-0.4, -0.2) is 36.6 Å². The number of H-pyrrole nitrogens is 1. The average Bonchev–Trinajstić information content (AvgIpc) is 3.09. The van der Waals surface area contributed by atoms with E-state index in [1.165, 1.54) is 0 Å². The van der Waals surface area contributed by atoms with Crippen LogP contribution in [0.4, 0.5) is 0 Å². The summed E-state index contributed by atoms with van der Waals surface area (Å²) >= 11 is 3.40. The monoisotopic (exact) mass is 442 g/mol. The fourth-order valence-corrected chi connectivity index (χ4v) is 3.85. The van der Waals surface area contributed by atoms with Gasteiger partial charge in [-0.1, -0.05) is 15.9 Å². The van der Waals surface area contributed by atoms with Crippen molar-refractivity contribution >= 4 is 38.7 Å². The van der Waals surface area contributed by atoms with Crippen LogP contribution >= 0.6 is 15.9 Å². The maximum Gasteiger partial charge on any atom is 0.339 e. The van der Waals surface area contributed by atoms with Crippen LogP contribution < -0.4 is 10.1 Å². The standard InChI is InChI=1S/C21H19BrN2O4/c1-27-15-3-5-16-12(11-24-18(16)10-15)6-7-23-20(25)19-9-13-8-14(22)2-4-17(13)21(26)28-19/h2-5,8,10-11,19,24H,6-7,9H2,1H3,(H,23,25). The van der Waals surface area contributed by atoms with Crippen LogP contribution in [-0.2, 0) is 22.4 Å². The molecule has 0 bridgehead atoms. The van der Waals surface area contributed by atoms with E-state index in [-0.39, 0.29) is 5.91 Å². The molecule has 7 heteroatoms. The Bertz CT molecular complexity index is 1060. The number of rotatable bonds is 5. The van der Waals surface area contributed by atoms with Crippen molar-refractivity contribution in [2.75, 3.05) is 13.7 Å². The molecule has 0 saturated heterocycles. The van der Waals surface area contributed by atoms with Crippen molar-refractivity contribution in [3.8, 4) is 5.75 Å². The zero-order valence-corrected chi connectivity index (χ0v) is 16.8. The van der Waals surface area contributed by atoms with Gasteiger partial charge in [0.25, 0.3) is 5.91 Å². The molecule has 4 rings (SSSR count). The van der Waals surface area contributed by atoms with Crippen molar-refractivity contribution < 1.29 is 19.1 Å². The predicted molar refractivity (Wildman–Crippen MR) is 109 cm³/mol. The summed E-state index contributed by atoms with van der Waals surface area (Å²) in [4.78, 5) is 27.8. The van der Waals surface area contributed by atoms with Crippen LogP contribution in [0.1, 0.15) is 21.5 Å². The second-order valence-corrected chi connectivity index (χ2v) is 7.58. The molecule has 0 aliphatic carbocycles.